The molecule has 0 radical (unpaired) electrons. The first-order chi connectivity index (χ1) is 21.0. The second-order valence-corrected chi connectivity index (χ2v) is 11.0. The third-order valence-electron chi connectivity index (χ3n) is 8.25. The van der Waals surface area contributed by atoms with Crippen LogP contribution in [0.25, 0.3) is 10.9 Å². The van der Waals surface area contributed by atoms with E-state index in [1.807, 2.05) is 66.7 Å². The summed E-state index contributed by atoms with van der Waals surface area (Å²) in [6.45, 7) is 0.198. The molecule has 2 aliphatic rings. The first-order valence-corrected chi connectivity index (χ1v) is 14.3. The first kappa shape index (κ1) is 26.8. The molecule has 0 saturated carbocycles. The molecule has 3 heterocycles. The quantitative estimate of drug-likeness (QED) is 0.229. The lowest BCUT2D eigenvalue weighted by atomic mass is 9.89. The molecule has 8 nitrogen and oxygen atoms in total. The smallest absolute Gasteiger partial charge is 0.332 e. The van der Waals surface area contributed by atoms with Crippen molar-refractivity contribution in [2.45, 2.75) is 25.0 Å². The lowest BCUT2D eigenvalue weighted by Crippen LogP contribution is -2.44. The molecule has 9 heteroatoms. The van der Waals surface area contributed by atoms with E-state index in [-0.39, 0.29) is 23.7 Å². The minimum absolute atomic E-state index is 0.198. The molecule has 4 amide bonds. The van der Waals surface area contributed by atoms with Crippen molar-refractivity contribution in [2.75, 3.05) is 12.0 Å². The van der Waals surface area contributed by atoms with E-state index in [0.717, 1.165) is 38.2 Å². The summed E-state index contributed by atoms with van der Waals surface area (Å²) < 4.78 is 5.50. The van der Waals surface area contributed by atoms with E-state index in [2.05, 4.69) is 10.3 Å². The van der Waals surface area contributed by atoms with Gasteiger partial charge in [-0.05, 0) is 53.1 Å². The summed E-state index contributed by atoms with van der Waals surface area (Å²) >= 11 is 6.28. The van der Waals surface area contributed by atoms with Crippen molar-refractivity contribution < 1.29 is 19.1 Å². The fourth-order valence-electron chi connectivity index (χ4n) is 6.23. The number of urea groups is 1. The van der Waals surface area contributed by atoms with Crippen LogP contribution in [0.2, 0.25) is 5.02 Å². The molecule has 7 rings (SSSR count). The Morgan fingerprint density at radius 2 is 1.74 bits per heavy atom. The summed E-state index contributed by atoms with van der Waals surface area (Å²) in [5.74, 6) is -0.144. The minimum atomic E-state index is -0.755. The molecular weight excluding hydrogens is 564 g/mol. The Labute approximate surface area is 252 Å². The van der Waals surface area contributed by atoms with Crippen LogP contribution in [0.5, 0.6) is 5.75 Å². The van der Waals surface area contributed by atoms with Gasteiger partial charge < -0.3 is 15.0 Å². The van der Waals surface area contributed by atoms with Crippen molar-refractivity contribution in [3.05, 3.63) is 130 Å². The average Bonchev–Trinajstić information content (AvgIpc) is 3.53. The molecule has 2 N–H and O–H groups in total. The van der Waals surface area contributed by atoms with Gasteiger partial charge in [0.1, 0.15) is 17.8 Å². The van der Waals surface area contributed by atoms with Gasteiger partial charge in [0.05, 0.1) is 18.4 Å². The van der Waals surface area contributed by atoms with Crippen molar-refractivity contribution in [2.24, 2.45) is 0 Å². The third-order valence-corrected chi connectivity index (χ3v) is 8.61. The molecule has 43 heavy (non-hydrogen) atoms. The molecule has 4 aromatic carbocycles. The first-order valence-electron chi connectivity index (χ1n) is 14.0. The average molecular weight is 591 g/mol. The lowest BCUT2D eigenvalue weighted by molar-refractivity contribution is -0.120. The number of carbonyl (C=O) groups is 3. The summed E-state index contributed by atoms with van der Waals surface area (Å²) in [4.78, 5) is 48.3. The van der Waals surface area contributed by atoms with Crippen LogP contribution in [0.1, 0.15) is 38.8 Å². The second kappa shape index (κ2) is 10.6. The maximum Gasteiger partial charge on any atom is 0.332 e. The predicted molar refractivity (Wildman–Crippen MR) is 164 cm³/mol. The number of para-hydroxylation sites is 2. The number of carbonyl (C=O) groups excluding carboxylic acids is 3. The fourth-order valence-corrected chi connectivity index (χ4v) is 6.43. The number of nitrogens with one attached hydrogen (secondary N) is 2. The van der Waals surface area contributed by atoms with Crippen LogP contribution in [-0.2, 0) is 17.8 Å². The minimum Gasteiger partial charge on any atom is -0.497 e. The molecule has 1 aromatic heterocycles. The van der Waals surface area contributed by atoms with Gasteiger partial charge in [0, 0.05) is 34.6 Å². The van der Waals surface area contributed by atoms with Gasteiger partial charge in [-0.15, -0.1) is 0 Å². The number of amides is 4. The summed E-state index contributed by atoms with van der Waals surface area (Å²) in [6.07, 6.45) is 0.349. The Bertz CT molecular complexity index is 1920. The van der Waals surface area contributed by atoms with Crippen LogP contribution in [0, 0.1) is 0 Å². The second-order valence-electron chi connectivity index (χ2n) is 10.6. The van der Waals surface area contributed by atoms with E-state index < -0.39 is 24.0 Å². The number of hydrogen-bond acceptors (Lipinski definition) is 4. The molecule has 1 saturated heterocycles. The lowest BCUT2D eigenvalue weighted by Gasteiger charge is -2.36. The number of hydrogen-bond donors (Lipinski definition) is 2. The number of fused-ring (bicyclic) bond motifs is 4. The van der Waals surface area contributed by atoms with Crippen LogP contribution >= 0.6 is 11.6 Å². The Morgan fingerprint density at radius 1 is 0.977 bits per heavy atom. The van der Waals surface area contributed by atoms with Crippen LogP contribution in [0.15, 0.2) is 97.1 Å². The fraction of sp³-hybridized carbons (Fsp3) is 0.147. The van der Waals surface area contributed by atoms with Gasteiger partial charge in [0.25, 0.3) is 11.8 Å². The van der Waals surface area contributed by atoms with Gasteiger partial charge in [-0.3, -0.25) is 14.5 Å². The Morgan fingerprint density at radius 3 is 2.58 bits per heavy atom. The highest BCUT2D eigenvalue weighted by atomic mass is 35.5. The van der Waals surface area contributed by atoms with Crippen LogP contribution in [0.4, 0.5) is 10.5 Å². The van der Waals surface area contributed by atoms with Crippen LogP contribution in [-0.4, -0.2) is 40.9 Å². The van der Waals surface area contributed by atoms with Crippen LogP contribution in [0.3, 0.4) is 0 Å². The predicted octanol–water partition coefficient (Wildman–Crippen LogP) is 6.24. The summed E-state index contributed by atoms with van der Waals surface area (Å²) in [7, 11) is 1.59. The van der Waals surface area contributed by atoms with Gasteiger partial charge in [-0.2, -0.15) is 0 Å². The zero-order chi connectivity index (χ0) is 29.7. The number of rotatable bonds is 6. The third kappa shape index (κ3) is 4.42. The highest BCUT2D eigenvalue weighted by Crippen LogP contribution is 2.45. The highest BCUT2D eigenvalue weighted by molar-refractivity contribution is 6.31. The largest absolute Gasteiger partial charge is 0.497 e. The van der Waals surface area contributed by atoms with E-state index in [4.69, 9.17) is 16.3 Å². The van der Waals surface area contributed by atoms with E-state index in [0.29, 0.717) is 17.2 Å². The van der Waals surface area contributed by atoms with E-state index in [1.165, 1.54) is 0 Å². The maximum absolute atomic E-state index is 14.3. The van der Waals surface area contributed by atoms with E-state index in [1.54, 1.807) is 42.3 Å². The van der Waals surface area contributed by atoms with E-state index >= 15 is 0 Å². The number of imide groups is 1. The highest BCUT2D eigenvalue weighted by Gasteiger charge is 2.53. The number of halogens is 1. The molecule has 0 spiro atoms. The zero-order valence-corrected chi connectivity index (χ0v) is 24.0. The number of anilines is 1. The Kier molecular flexibility index (Phi) is 6.63. The molecule has 2 atom stereocenters. The normalized spacial score (nSPS) is 17.6. The Hall–Kier alpha value is -5.08. The SMILES string of the molecule is COc1cccc(C2c3[nH]c4ccccc4c3C[C@H]3C(=O)N(c4ccccc4C(=O)NCc4ccccc4Cl)C(=O)N23)c1. The molecule has 214 valence electrons. The van der Waals surface area contributed by atoms with Gasteiger partial charge in [0.2, 0.25) is 0 Å². The number of ether oxygens (including phenoxy) is 1. The van der Waals surface area contributed by atoms with Gasteiger partial charge >= 0.3 is 6.03 Å². The topological polar surface area (TPSA) is 94.7 Å². The van der Waals surface area contributed by atoms with Gasteiger partial charge in [-0.1, -0.05) is 72.3 Å². The van der Waals surface area contributed by atoms with Crippen molar-refractivity contribution in [1.29, 1.82) is 0 Å². The molecular formula is C34H27ClN4O4. The zero-order valence-electron chi connectivity index (χ0n) is 23.2. The maximum atomic E-state index is 14.3. The molecule has 0 aliphatic carbocycles. The standard InChI is InChI=1S/C34H27ClN4O4/c1-43-22-11-8-10-20(17-22)31-30-25(23-12-3-6-15-27(23)37-30)18-29-33(41)39(34(42)38(29)31)28-16-7-4-13-24(28)32(40)36-19-21-9-2-5-14-26(21)35/h2-17,29,31,37H,18-19H2,1H3,(H,36,40)/t29-,31?/m0/s1. The van der Waals surface area contributed by atoms with Crippen molar-refractivity contribution in [3.8, 4) is 5.75 Å². The monoisotopic (exact) mass is 590 g/mol. The number of benzene rings is 4. The van der Waals surface area contributed by atoms with Crippen LogP contribution < -0.4 is 15.0 Å². The molecule has 5 aromatic rings. The van der Waals surface area contributed by atoms with E-state index in [9.17, 15) is 14.4 Å². The number of nitrogens with zero attached hydrogens (tertiary/aromatic N) is 2. The molecule has 0 bridgehead atoms. The van der Waals surface area contributed by atoms with Crippen molar-refractivity contribution in [1.82, 2.24) is 15.2 Å². The Balaban J connectivity index is 1.29. The van der Waals surface area contributed by atoms with Crippen molar-refractivity contribution in [3.63, 3.8) is 0 Å². The van der Waals surface area contributed by atoms with Crippen molar-refractivity contribution >= 4 is 46.0 Å². The van der Waals surface area contributed by atoms with Gasteiger partial charge in [-0.25, -0.2) is 9.69 Å². The number of methoxy groups -OCH3 is 1. The summed E-state index contributed by atoms with van der Waals surface area (Å²) in [6, 6.07) is 27.6. The van der Waals surface area contributed by atoms with Gasteiger partial charge in [0.15, 0.2) is 0 Å². The molecule has 1 unspecified atom stereocenters. The summed E-state index contributed by atoms with van der Waals surface area (Å²) in [5, 5.41) is 4.44. The number of aromatic amines is 1. The number of H-pyrrole nitrogens is 1. The molecule has 2 aliphatic heterocycles. The number of aromatic nitrogens is 1. The summed E-state index contributed by atoms with van der Waals surface area (Å²) in [5.41, 5.74) is 4.83. The molecule has 1 fully saturated rings.